The number of rotatable bonds is 2. The summed E-state index contributed by atoms with van der Waals surface area (Å²) in [5.74, 6) is -0.376. The number of nitrogens with zero attached hydrogens (tertiary/aromatic N) is 2. The highest BCUT2D eigenvalue weighted by Gasteiger charge is 2.06. The van der Waals surface area contributed by atoms with Crippen molar-refractivity contribution in [3.63, 3.8) is 0 Å². The quantitative estimate of drug-likeness (QED) is 0.876. The van der Waals surface area contributed by atoms with Gasteiger partial charge in [0.05, 0.1) is 17.7 Å². The van der Waals surface area contributed by atoms with Crippen molar-refractivity contribution in [2.24, 2.45) is 5.73 Å². The van der Waals surface area contributed by atoms with Crippen LogP contribution in [0.2, 0.25) is 5.02 Å². The Bertz CT molecular complexity index is 487. The molecular formula is C11H11ClFN3. The lowest BCUT2D eigenvalue weighted by atomic mass is 10.3. The molecule has 84 valence electrons. The number of halogens is 2. The summed E-state index contributed by atoms with van der Waals surface area (Å²) in [6.45, 7) is 1.84. The highest BCUT2D eigenvalue weighted by atomic mass is 35.5. The standard InChI is InChI=1S/C11H11ClFN3/c1-7(14)11-5-16(6-15-11)10-3-8(12)2-9(13)4-10/h2-7H,14H2,1H3/t7-/m0/s1. The van der Waals surface area contributed by atoms with Gasteiger partial charge in [-0.2, -0.15) is 0 Å². The zero-order valence-electron chi connectivity index (χ0n) is 8.69. The third kappa shape index (κ3) is 2.23. The molecule has 0 saturated carbocycles. The van der Waals surface area contributed by atoms with Gasteiger partial charge >= 0.3 is 0 Å². The van der Waals surface area contributed by atoms with Gasteiger partial charge in [-0.05, 0) is 25.1 Å². The molecule has 2 N–H and O–H groups in total. The van der Waals surface area contributed by atoms with Crippen LogP contribution in [0.15, 0.2) is 30.7 Å². The molecule has 16 heavy (non-hydrogen) atoms. The molecule has 1 atom stereocenters. The first kappa shape index (κ1) is 11.1. The summed E-state index contributed by atoms with van der Waals surface area (Å²) < 4.78 is 14.8. The molecule has 0 aliphatic rings. The third-order valence-corrected chi connectivity index (χ3v) is 2.43. The Hall–Kier alpha value is -1.39. The summed E-state index contributed by atoms with van der Waals surface area (Å²) in [6.07, 6.45) is 3.35. The predicted octanol–water partition coefficient (Wildman–Crippen LogP) is 2.68. The normalized spacial score (nSPS) is 12.8. The number of hydrogen-bond donors (Lipinski definition) is 1. The van der Waals surface area contributed by atoms with Crippen molar-refractivity contribution in [2.75, 3.05) is 0 Å². The van der Waals surface area contributed by atoms with Gasteiger partial charge in [0.15, 0.2) is 0 Å². The predicted molar refractivity (Wildman–Crippen MR) is 61.1 cm³/mol. The largest absolute Gasteiger partial charge is 0.323 e. The molecule has 0 aliphatic carbocycles. The van der Waals surface area contributed by atoms with Gasteiger partial charge in [-0.25, -0.2) is 9.37 Å². The minimum atomic E-state index is -0.376. The Morgan fingerprint density at radius 2 is 2.19 bits per heavy atom. The average molecular weight is 240 g/mol. The maximum atomic E-state index is 13.1. The van der Waals surface area contributed by atoms with Crippen LogP contribution in [0, 0.1) is 5.82 Å². The van der Waals surface area contributed by atoms with E-state index in [-0.39, 0.29) is 11.9 Å². The monoisotopic (exact) mass is 239 g/mol. The lowest BCUT2D eigenvalue weighted by Crippen LogP contribution is -2.04. The van der Waals surface area contributed by atoms with Gasteiger partial charge in [0.25, 0.3) is 0 Å². The highest BCUT2D eigenvalue weighted by molar-refractivity contribution is 6.30. The Balaban J connectivity index is 2.42. The molecule has 0 aliphatic heterocycles. The number of imidazole rings is 1. The van der Waals surface area contributed by atoms with Crippen LogP contribution in [0.1, 0.15) is 18.7 Å². The van der Waals surface area contributed by atoms with Crippen LogP contribution in [0.25, 0.3) is 5.69 Å². The number of benzene rings is 1. The molecule has 0 saturated heterocycles. The second kappa shape index (κ2) is 4.23. The fourth-order valence-corrected chi connectivity index (χ4v) is 1.62. The summed E-state index contributed by atoms with van der Waals surface area (Å²) in [5, 5.41) is 0.353. The van der Waals surface area contributed by atoms with Gasteiger partial charge in [0.1, 0.15) is 5.82 Å². The fraction of sp³-hybridized carbons (Fsp3) is 0.182. The van der Waals surface area contributed by atoms with Gasteiger partial charge in [-0.3, -0.25) is 0 Å². The Morgan fingerprint density at radius 1 is 1.44 bits per heavy atom. The molecule has 0 spiro atoms. The van der Waals surface area contributed by atoms with Crippen molar-refractivity contribution >= 4 is 11.6 Å². The lowest BCUT2D eigenvalue weighted by molar-refractivity contribution is 0.626. The van der Waals surface area contributed by atoms with Crippen LogP contribution in [-0.2, 0) is 0 Å². The molecule has 1 aromatic carbocycles. The van der Waals surface area contributed by atoms with Crippen LogP contribution in [0.3, 0.4) is 0 Å². The lowest BCUT2D eigenvalue weighted by Gasteiger charge is -2.03. The summed E-state index contributed by atoms with van der Waals surface area (Å²) in [7, 11) is 0. The summed E-state index contributed by atoms with van der Waals surface area (Å²) in [5.41, 5.74) is 7.07. The SMILES string of the molecule is C[C@H](N)c1cn(-c2cc(F)cc(Cl)c2)cn1. The molecular weight excluding hydrogens is 229 g/mol. The van der Waals surface area contributed by atoms with E-state index in [9.17, 15) is 4.39 Å². The second-order valence-corrected chi connectivity index (χ2v) is 4.06. The summed E-state index contributed by atoms with van der Waals surface area (Å²) >= 11 is 5.77. The van der Waals surface area contributed by atoms with E-state index in [0.29, 0.717) is 10.7 Å². The molecule has 0 fully saturated rings. The van der Waals surface area contributed by atoms with E-state index in [4.69, 9.17) is 17.3 Å². The average Bonchev–Trinajstić information content (AvgIpc) is 2.64. The van der Waals surface area contributed by atoms with E-state index in [2.05, 4.69) is 4.98 Å². The number of nitrogens with two attached hydrogens (primary N) is 1. The zero-order valence-corrected chi connectivity index (χ0v) is 9.45. The van der Waals surface area contributed by atoms with Crippen molar-refractivity contribution in [3.8, 4) is 5.69 Å². The minimum Gasteiger partial charge on any atom is -0.323 e. The van der Waals surface area contributed by atoms with Crippen LogP contribution in [0.5, 0.6) is 0 Å². The van der Waals surface area contributed by atoms with Gasteiger partial charge in [-0.1, -0.05) is 11.6 Å². The van der Waals surface area contributed by atoms with Crippen LogP contribution < -0.4 is 5.73 Å². The zero-order chi connectivity index (χ0) is 11.7. The molecule has 0 bridgehead atoms. The van der Waals surface area contributed by atoms with Gasteiger partial charge in [-0.15, -0.1) is 0 Å². The first-order valence-corrected chi connectivity index (χ1v) is 5.20. The minimum absolute atomic E-state index is 0.148. The molecule has 1 aromatic heterocycles. The molecule has 0 amide bonds. The first-order chi connectivity index (χ1) is 7.56. The highest BCUT2D eigenvalue weighted by Crippen LogP contribution is 2.18. The molecule has 0 radical (unpaired) electrons. The molecule has 1 heterocycles. The summed E-state index contributed by atoms with van der Waals surface area (Å²) in [4.78, 5) is 4.12. The topological polar surface area (TPSA) is 43.8 Å². The van der Waals surface area contributed by atoms with Crippen molar-refractivity contribution in [3.05, 3.63) is 47.3 Å². The van der Waals surface area contributed by atoms with Crippen molar-refractivity contribution in [2.45, 2.75) is 13.0 Å². The molecule has 3 nitrogen and oxygen atoms in total. The maximum Gasteiger partial charge on any atom is 0.126 e. The van der Waals surface area contributed by atoms with Crippen LogP contribution in [-0.4, -0.2) is 9.55 Å². The van der Waals surface area contributed by atoms with E-state index in [1.807, 2.05) is 6.92 Å². The van der Waals surface area contributed by atoms with Crippen LogP contribution >= 0.6 is 11.6 Å². The molecule has 5 heteroatoms. The fourth-order valence-electron chi connectivity index (χ4n) is 1.40. The smallest absolute Gasteiger partial charge is 0.126 e. The molecule has 0 unspecified atom stereocenters. The Morgan fingerprint density at radius 3 is 2.75 bits per heavy atom. The third-order valence-electron chi connectivity index (χ3n) is 2.21. The summed E-state index contributed by atoms with van der Waals surface area (Å²) in [6, 6.07) is 4.16. The Kier molecular flexibility index (Phi) is 2.94. The number of hydrogen-bond acceptors (Lipinski definition) is 2. The van der Waals surface area contributed by atoms with Crippen LogP contribution in [0.4, 0.5) is 4.39 Å². The number of aromatic nitrogens is 2. The Labute approximate surface area is 97.7 Å². The van der Waals surface area contributed by atoms with Crippen molar-refractivity contribution in [1.82, 2.24) is 9.55 Å². The second-order valence-electron chi connectivity index (χ2n) is 3.62. The van der Waals surface area contributed by atoms with E-state index >= 15 is 0 Å². The van der Waals surface area contributed by atoms with Gasteiger partial charge in [0, 0.05) is 17.3 Å². The molecule has 2 aromatic rings. The van der Waals surface area contributed by atoms with Crippen molar-refractivity contribution in [1.29, 1.82) is 0 Å². The van der Waals surface area contributed by atoms with E-state index in [1.165, 1.54) is 12.1 Å². The van der Waals surface area contributed by atoms with E-state index in [0.717, 1.165) is 5.69 Å². The maximum absolute atomic E-state index is 13.1. The van der Waals surface area contributed by atoms with Gasteiger partial charge < -0.3 is 10.3 Å². The van der Waals surface area contributed by atoms with E-state index in [1.54, 1.807) is 23.2 Å². The first-order valence-electron chi connectivity index (χ1n) is 4.82. The van der Waals surface area contributed by atoms with Gasteiger partial charge in [0.2, 0.25) is 0 Å². The van der Waals surface area contributed by atoms with Crippen molar-refractivity contribution < 1.29 is 4.39 Å². The van der Waals surface area contributed by atoms with E-state index < -0.39 is 0 Å². The molecule has 2 rings (SSSR count).